The van der Waals surface area contributed by atoms with Gasteiger partial charge in [-0.25, -0.2) is 9.78 Å². The largest absolute Gasteiger partial charge is 0.497 e. The summed E-state index contributed by atoms with van der Waals surface area (Å²) in [4.78, 5) is 28.7. The lowest BCUT2D eigenvalue weighted by atomic mass is 10.3. The zero-order valence-electron chi connectivity index (χ0n) is 14.0. The number of carbonyl (C=O) groups excluding carboxylic acids is 1. The molecule has 1 atom stereocenters. The van der Waals surface area contributed by atoms with Crippen LogP contribution < -0.4 is 10.3 Å². The number of fused-ring (bicyclic) bond motifs is 1. The molecule has 1 aromatic carbocycles. The highest BCUT2D eigenvalue weighted by atomic mass is 16.5. The Balaban J connectivity index is 2.08. The van der Waals surface area contributed by atoms with E-state index in [9.17, 15) is 9.59 Å². The zero-order valence-corrected chi connectivity index (χ0v) is 14.0. The van der Waals surface area contributed by atoms with E-state index in [1.165, 1.54) is 15.6 Å². The highest BCUT2D eigenvalue weighted by Crippen LogP contribution is 2.18. The van der Waals surface area contributed by atoms with Crippen molar-refractivity contribution in [3.8, 4) is 11.4 Å². The molecular weight excluding hydrogens is 326 g/mol. The van der Waals surface area contributed by atoms with Crippen molar-refractivity contribution < 1.29 is 14.3 Å². The van der Waals surface area contributed by atoms with E-state index in [2.05, 4.69) is 15.3 Å². The Hall–Kier alpha value is -3.23. The van der Waals surface area contributed by atoms with Gasteiger partial charge in [0, 0.05) is 6.07 Å². The van der Waals surface area contributed by atoms with E-state index in [-0.39, 0.29) is 12.1 Å². The predicted molar refractivity (Wildman–Crippen MR) is 88.8 cm³/mol. The van der Waals surface area contributed by atoms with E-state index >= 15 is 0 Å². The molecule has 2 heterocycles. The molecule has 0 fully saturated rings. The third-order valence-electron chi connectivity index (χ3n) is 3.73. The van der Waals surface area contributed by atoms with Crippen LogP contribution in [-0.2, 0) is 9.53 Å². The summed E-state index contributed by atoms with van der Waals surface area (Å²) in [5, 5.41) is 7.93. The summed E-state index contributed by atoms with van der Waals surface area (Å²) in [5.74, 6) is 0.136. The van der Waals surface area contributed by atoms with Crippen molar-refractivity contribution in [2.45, 2.75) is 19.9 Å². The molecule has 0 aliphatic carbocycles. The standard InChI is InChI=1S/C16H17N5O4/c1-4-25-16(23)10(2)20-9-17-14-13(15(20)22)18-19-21(14)11-6-5-7-12(8-11)24-3/h5-10H,4H2,1-3H3/t10-/m0/s1. The number of hydrogen-bond acceptors (Lipinski definition) is 7. The molecule has 0 aliphatic heterocycles. The van der Waals surface area contributed by atoms with E-state index in [0.29, 0.717) is 17.1 Å². The van der Waals surface area contributed by atoms with E-state index < -0.39 is 17.6 Å². The zero-order chi connectivity index (χ0) is 18.0. The summed E-state index contributed by atoms with van der Waals surface area (Å²) in [5.41, 5.74) is 0.566. The number of rotatable bonds is 5. The van der Waals surface area contributed by atoms with Gasteiger partial charge in [0.05, 0.1) is 19.4 Å². The molecule has 3 rings (SSSR count). The SMILES string of the molecule is CCOC(=O)[C@H](C)n1cnc2c(nnn2-c2cccc(OC)c2)c1=O. The number of aromatic nitrogens is 5. The first kappa shape index (κ1) is 16.6. The van der Waals surface area contributed by atoms with Crippen molar-refractivity contribution in [1.29, 1.82) is 0 Å². The maximum Gasteiger partial charge on any atom is 0.328 e. The molecule has 0 N–H and O–H groups in total. The first-order valence-electron chi connectivity index (χ1n) is 7.70. The summed E-state index contributed by atoms with van der Waals surface area (Å²) in [6, 6.07) is 6.34. The average Bonchev–Trinajstić information content (AvgIpc) is 3.06. The van der Waals surface area contributed by atoms with Gasteiger partial charge < -0.3 is 9.47 Å². The van der Waals surface area contributed by atoms with Crippen molar-refractivity contribution in [3.05, 3.63) is 40.9 Å². The molecule has 2 aromatic heterocycles. The maximum atomic E-state index is 12.6. The van der Waals surface area contributed by atoms with Crippen LogP contribution in [0.5, 0.6) is 5.75 Å². The van der Waals surface area contributed by atoms with Crippen molar-refractivity contribution in [2.75, 3.05) is 13.7 Å². The number of hydrogen-bond donors (Lipinski definition) is 0. The molecule has 0 unspecified atom stereocenters. The van der Waals surface area contributed by atoms with Gasteiger partial charge in [-0.05, 0) is 26.0 Å². The van der Waals surface area contributed by atoms with Crippen LogP contribution in [0.3, 0.4) is 0 Å². The first-order chi connectivity index (χ1) is 12.1. The van der Waals surface area contributed by atoms with Crippen LogP contribution in [-0.4, -0.2) is 44.2 Å². The molecule has 9 nitrogen and oxygen atoms in total. The van der Waals surface area contributed by atoms with Crippen LogP contribution >= 0.6 is 0 Å². The maximum absolute atomic E-state index is 12.6. The van der Waals surface area contributed by atoms with E-state index in [1.807, 2.05) is 0 Å². The van der Waals surface area contributed by atoms with Crippen LogP contribution in [0.15, 0.2) is 35.4 Å². The third kappa shape index (κ3) is 2.95. The topological polar surface area (TPSA) is 101 Å². The predicted octanol–water partition coefficient (Wildman–Crippen LogP) is 1.11. The Labute approximate surface area is 142 Å². The molecule has 0 bridgehead atoms. The molecule has 0 saturated heterocycles. The normalized spacial score (nSPS) is 12.1. The van der Waals surface area contributed by atoms with Gasteiger partial charge in [-0.15, -0.1) is 5.10 Å². The van der Waals surface area contributed by atoms with E-state index in [0.717, 1.165) is 0 Å². The van der Waals surface area contributed by atoms with Crippen molar-refractivity contribution >= 4 is 17.1 Å². The van der Waals surface area contributed by atoms with Gasteiger partial charge in [0.1, 0.15) is 18.1 Å². The molecule has 25 heavy (non-hydrogen) atoms. The average molecular weight is 343 g/mol. The fourth-order valence-electron chi connectivity index (χ4n) is 2.39. The second-order valence-electron chi connectivity index (χ2n) is 5.26. The number of carbonyl (C=O) groups is 1. The third-order valence-corrected chi connectivity index (χ3v) is 3.73. The molecule has 0 spiro atoms. The van der Waals surface area contributed by atoms with Gasteiger partial charge in [0.2, 0.25) is 0 Å². The molecule has 0 amide bonds. The number of benzene rings is 1. The number of nitrogens with zero attached hydrogens (tertiary/aromatic N) is 5. The highest BCUT2D eigenvalue weighted by Gasteiger charge is 2.21. The second kappa shape index (κ2) is 6.71. The molecule has 9 heteroatoms. The molecule has 0 aliphatic rings. The van der Waals surface area contributed by atoms with Crippen LogP contribution in [0, 0.1) is 0 Å². The quantitative estimate of drug-likeness (QED) is 0.640. The Bertz CT molecular complexity index is 978. The Morgan fingerprint density at radius 1 is 1.36 bits per heavy atom. The number of methoxy groups -OCH3 is 1. The fraction of sp³-hybridized carbons (Fsp3) is 0.312. The fourth-order valence-corrected chi connectivity index (χ4v) is 2.39. The van der Waals surface area contributed by atoms with Gasteiger partial charge in [-0.2, -0.15) is 4.68 Å². The first-order valence-corrected chi connectivity index (χ1v) is 7.70. The minimum absolute atomic E-state index is 0.0708. The molecule has 130 valence electrons. The smallest absolute Gasteiger partial charge is 0.328 e. The number of ether oxygens (including phenoxy) is 2. The van der Waals surface area contributed by atoms with Gasteiger partial charge >= 0.3 is 5.97 Å². The van der Waals surface area contributed by atoms with Crippen molar-refractivity contribution in [1.82, 2.24) is 24.5 Å². The monoisotopic (exact) mass is 343 g/mol. The van der Waals surface area contributed by atoms with Gasteiger partial charge in [0.15, 0.2) is 11.2 Å². The van der Waals surface area contributed by atoms with Gasteiger partial charge in [-0.3, -0.25) is 9.36 Å². The second-order valence-corrected chi connectivity index (χ2v) is 5.26. The van der Waals surface area contributed by atoms with Crippen molar-refractivity contribution in [2.24, 2.45) is 0 Å². The lowest BCUT2D eigenvalue weighted by molar-refractivity contribution is -0.146. The molecular formula is C16H17N5O4. The molecule has 3 aromatic rings. The van der Waals surface area contributed by atoms with E-state index in [4.69, 9.17) is 9.47 Å². The van der Waals surface area contributed by atoms with E-state index in [1.54, 1.807) is 45.2 Å². The van der Waals surface area contributed by atoms with Gasteiger partial charge in [0.25, 0.3) is 5.56 Å². The van der Waals surface area contributed by atoms with Crippen molar-refractivity contribution in [3.63, 3.8) is 0 Å². The Morgan fingerprint density at radius 2 is 2.16 bits per heavy atom. The van der Waals surface area contributed by atoms with Crippen LogP contribution in [0.1, 0.15) is 19.9 Å². The molecule has 0 radical (unpaired) electrons. The minimum Gasteiger partial charge on any atom is -0.497 e. The summed E-state index contributed by atoms with van der Waals surface area (Å²) in [6.07, 6.45) is 1.30. The lowest BCUT2D eigenvalue weighted by Crippen LogP contribution is -2.29. The summed E-state index contributed by atoms with van der Waals surface area (Å²) in [7, 11) is 1.56. The van der Waals surface area contributed by atoms with Gasteiger partial charge in [-0.1, -0.05) is 11.3 Å². The number of esters is 1. The summed E-state index contributed by atoms with van der Waals surface area (Å²) >= 11 is 0. The van der Waals surface area contributed by atoms with Crippen LogP contribution in [0.25, 0.3) is 16.9 Å². The summed E-state index contributed by atoms with van der Waals surface area (Å²) in [6.45, 7) is 3.51. The lowest BCUT2D eigenvalue weighted by Gasteiger charge is -2.12. The molecule has 0 saturated carbocycles. The van der Waals surface area contributed by atoms with Crippen LogP contribution in [0.4, 0.5) is 0 Å². The highest BCUT2D eigenvalue weighted by molar-refractivity contribution is 5.75. The van der Waals surface area contributed by atoms with Crippen LogP contribution in [0.2, 0.25) is 0 Å². The Kier molecular flexibility index (Phi) is 4.46. The minimum atomic E-state index is -0.800. The summed E-state index contributed by atoms with van der Waals surface area (Å²) < 4.78 is 12.8. The Morgan fingerprint density at radius 3 is 2.88 bits per heavy atom.